The van der Waals surface area contributed by atoms with Gasteiger partial charge in [0, 0.05) is 0 Å². The molecule has 0 aromatic heterocycles. The largest absolute Gasteiger partial charge is 0.496 e. The molecule has 0 saturated heterocycles. The van der Waals surface area contributed by atoms with Gasteiger partial charge >= 0.3 is 5.97 Å². The molecule has 1 aromatic carbocycles. The second-order valence-electron chi connectivity index (χ2n) is 4.08. The Labute approximate surface area is 109 Å². The lowest BCUT2D eigenvalue weighted by Gasteiger charge is -2.28. The molecule has 0 fully saturated rings. The van der Waals surface area contributed by atoms with Gasteiger partial charge in [0.15, 0.2) is 0 Å². The average molecular weight is 274 g/mol. The predicted octanol–water partition coefficient (Wildman–Crippen LogP) is 1.94. The predicted molar refractivity (Wildman–Crippen MR) is 64.1 cm³/mol. The fourth-order valence-electron chi connectivity index (χ4n) is 1.74. The molecule has 4 nitrogen and oxygen atoms in total. The summed E-state index contributed by atoms with van der Waals surface area (Å²) in [6.07, 6.45) is -2.42. The number of benzene rings is 1. The molecule has 0 spiro atoms. The Balaban J connectivity index is 3.22. The summed E-state index contributed by atoms with van der Waals surface area (Å²) in [5, 5.41) is 10.1. The number of ether oxygens (including phenoxy) is 2. The van der Waals surface area contributed by atoms with Crippen LogP contribution in [0.25, 0.3) is 0 Å². The summed E-state index contributed by atoms with van der Waals surface area (Å²) in [5.74, 6) is -2.16. The number of hydrogen-bond donors (Lipinski definition) is 1. The van der Waals surface area contributed by atoms with E-state index in [2.05, 4.69) is 4.74 Å². The van der Waals surface area contributed by atoms with E-state index in [-0.39, 0.29) is 12.4 Å². The maximum atomic E-state index is 14.0. The van der Waals surface area contributed by atoms with Crippen molar-refractivity contribution in [3.63, 3.8) is 0 Å². The molecule has 6 heteroatoms. The molecule has 0 bridgehead atoms. The number of halogens is 2. The summed E-state index contributed by atoms with van der Waals surface area (Å²) in [6.45, 7) is 2.46. The van der Waals surface area contributed by atoms with Gasteiger partial charge in [-0.1, -0.05) is 6.07 Å². The standard InChI is InChI=1S/C13H16F2O4/c1-4-19-12(16)11(15)13(2,17)10-8(14)6-5-7-9(10)18-3/h5-7,11,17H,4H2,1-3H3. The van der Waals surface area contributed by atoms with Crippen LogP contribution in [0.4, 0.5) is 8.78 Å². The number of alkyl halides is 1. The van der Waals surface area contributed by atoms with Gasteiger partial charge in [-0.05, 0) is 26.0 Å². The molecule has 0 aliphatic carbocycles. The third-order valence-electron chi connectivity index (χ3n) is 2.69. The first-order chi connectivity index (χ1) is 8.86. The Hall–Kier alpha value is -1.69. The molecule has 1 aromatic rings. The minimum absolute atomic E-state index is 0.0380. The van der Waals surface area contributed by atoms with Gasteiger partial charge < -0.3 is 14.6 Å². The number of aliphatic hydroxyl groups is 1. The van der Waals surface area contributed by atoms with E-state index < -0.39 is 29.1 Å². The first-order valence-electron chi connectivity index (χ1n) is 5.72. The van der Waals surface area contributed by atoms with E-state index >= 15 is 0 Å². The van der Waals surface area contributed by atoms with E-state index in [1.807, 2.05) is 0 Å². The minimum atomic E-state index is -2.42. The zero-order valence-corrected chi connectivity index (χ0v) is 10.9. The maximum absolute atomic E-state index is 14.0. The van der Waals surface area contributed by atoms with Crippen molar-refractivity contribution < 1.29 is 28.2 Å². The van der Waals surface area contributed by atoms with E-state index in [4.69, 9.17) is 4.74 Å². The molecule has 0 radical (unpaired) electrons. The van der Waals surface area contributed by atoms with Crippen LogP contribution < -0.4 is 4.74 Å². The van der Waals surface area contributed by atoms with Crippen LogP contribution in [0.1, 0.15) is 19.4 Å². The summed E-state index contributed by atoms with van der Waals surface area (Å²) >= 11 is 0. The van der Waals surface area contributed by atoms with E-state index in [1.54, 1.807) is 0 Å². The number of carbonyl (C=O) groups excluding carboxylic acids is 1. The van der Waals surface area contributed by atoms with Crippen LogP contribution in [0.5, 0.6) is 5.75 Å². The molecule has 0 aliphatic rings. The summed E-state index contributed by atoms with van der Waals surface area (Å²) in [5.41, 5.74) is -2.80. The topological polar surface area (TPSA) is 55.8 Å². The van der Waals surface area contributed by atoms with Crippen LogP contribution in [-0.4, -0.2) is 31.0 Å². The van der Waals surface area contributed by atoms with Gasteiger partial charge in [-0.2, -0.15) is 0 Å². The highest BCUT2D eigenvalue weighted by molar-refractivity contribution is 5.76. The lowest BCUT2D eigenvalue weighted by Crippen LogP contribution is -2.41. The Bertz CT molecular complexity index is 460. The van der Waals surface area contributed by atoms with Crippen LogP contribution in [0.3, 0.4) is 0 Å². The normalized spacial score (nSPS) is 15.5. The van der Waals surface area contributed by atoms with E-state index in [1.165, 1.54) is 26.2 Å². The van der Waals surface area contributed by atoms with Crippen LogP contribution in [0.2, 0.25) is 0 Å². The highest BCUT2D eigenvalue weighted by Crippen LogP contribution is 2.36. The maximum Gasteiger partial charge on any atom is 0.344 e. The molecular formula is C13H16F2O4. The van der Waals surface area contributed by atoms with Crippen molar-refractivity contribution in [2.75, 3.05) is 13.7 Å². The number of carbonyl (C=O) groups is 1. The van der Waals surface area contributed by atoms with Gasteiger partial charge in [0.25, 0.3) is 0 Å². The Morgan fingerprint density at radius 3 is 2.68 bits per heavy atom. The Kier molecular flexibility index (Phi) is 4.83. The fraction of sp³-hybridized carbons (Fsp3) is 0.462. The van der Waals surface area contributed by atoms with E-state index in [0.717, 1.165) is 13.0 Å². The molecule has 0 amide bonds. The van der Waals surface area contributed by atoms with Crippen LogP contribution in [0.15, 0.2) is 18.2 Å². The van der Waals surface area contributed by atoms with Crippen molar-refractivity contribution in [3.05, 3.63) is 29.6 Å². The molecule has 2 unspecified atom stereocenters. The van der Waals surface area contributed by atoms with Crippen molar-refractivity contribution in [2.45, 2.75) is 25.6 Å². The van der Waals surface area contributed by atoms with Gasteiger partial charge in [-0.25, -0.2) is 13.6 Å². The molecule has 2 atom stereocenters. The minimum Gasteiger partial charge on any atom is -0.496 e. The lowest BCUT2D eigenvalue weighted by atomic mass is 9.89. The second-order valence-corrected chi connectivity index (χ2v) is 4.08. The van der Waals surface area contributed by atoms with Crippen LogP contribution >= 0.6 is 0 Å². The summed E-state index contributed by atoms with van der Waals surface area (Å²) in [4.78, 5) is 11.4. The summed E-state index contributed by atoms with van der Waals surface area (Å²) in [6, 6.07) is 3.76. The number of hydrogen-bond acceptors (Lipinski definition) is 4. The van der Waals surface area contributed by atoms with Crippen molar-refractivity contribution in [2.24, 2.45) is 0 Å². The zero-order chi connectivity index (χ0) is 14.6. The highest BCUT2D eigenvalue weighted by Gasteiger charge is 2.44. The van der Waals surface area contributed by atoms with Gasteiger partial charge in [-0.15, -0.1) is 0 Å². The molecular weight excluding hydrogens is 258 g/mol. The number of methoxy groups -OCH3 is 1. The fourth-order valence-corrected chi connectivity index (χ4v) is 1.74. The third-order valence-corrected chi connectivity index (χ3v) is 2.69. The van der Waals surface area contributed by atoms with Crippen molar-refractivity contribution in [1.29, 1.82) is 0 Å². The smallest absolute Gasteiger partial charge is 0.344 e. The van der Waals surface area contributed by atoms with Crippen LogP contribution in [-0.2, 0) is 15.1 Å². The first kappa shape index (κ1) is 15.4. The summed E-state index contributed by atoms with van der Waals surface area (Å²) in [7, 11) is 1.26. The Morgan fingerprint density at radius 1 is 1.53 bits per heavy atom. The molecule has 19 heavy (non-hydrogen) atoms. The molecule has 106 valence electrons. The van der Waals surface area contributed by atoms with Crippen molar-refractivity contribution in [3.8, 4) is 5.75 Å². The molecule has 0 saturated carbocycles. The quantitative estimate of drug-likeness (QED) is 0.834. The SMILES string of the molecule is CCOC(=O)C(F)C(C)(O)c1c(F)cccc1OC. The average Bonchev–Trinajstić information content (AvgIpc) is 2.37. The second kappa shape index (κ2) is 5.97. The number of rotatable bonds is 5. The van der Waals surface area contributed by atoms with Gasteiger partial charge in [0.2, 0.25) is 6.17 Å². The molecule has 0 heterocycles. The van der Waals surface area contributed by atoms with E-state index in [9.17, 15) is 18.7 Å². The van der Waals surface area contributed by atoms with Gasteiger partial charge in [0.1, 0.15) is 17.2 Å². The van der Waals surface area contributed by atoms with Gasteiger partial charge in [-0.3, -0.25) is 0 Å². The molecule has 1 N–H and O–H groups in total. The highest BCUT2D eigenvalue weighted by atomic mass is 19.1. The van der Waals surface area contributed by atoms with Crippen LogP contribution in [0, 0.1) is 5.82 Å². The Morgan fingerprint density at radius 2 is 2.16 bits per heavy atom. The lowest BCUT2D eigenvalue weighted by molar-refractivity contribution is -0.160. The van der Waals surface area contributed by atoms with Crippen molar-refractivity contribution in [1.82, 2.24) is 0 Å². The van der Waals surface area contributed by atoms with E-state index in [0.29, 0.717) is 0 Å². The van der Waals surface area contributed by atoms with Gasteiger partial charge in [0.05, 0.1) is 19.3 Å². The summed E-state index contributed by atoms with van der Waals surface area (Å²) < 4.78 is 37.2. The first-order valence-corrected chi connectivity index (χ1v) is 5.72. The zero-order valence-electron chi connectivity index (χ0n) is 10.9. The third kappa shape index (κ3) is 3.01. The van der Waals surface area contributed by atoms with Crippen molar-refractivity contribution >= 4 is 5.97 Å². The monoisotopic (exact) mass is 274 g/mol. The number of esters is 1. The molecule has 0 aliphatic heterocycles. The molecule has 1 rings (SSSR count).